The number of Topliss-reactive ketones (excluding diaryl/α,β-unsaturated/α-hetero) is 1. The van der Waals surface area contributed by atoms with Crippen LogP contribution in [0.3, 0.4) is 0 Å². The summed E-state index contributed by atoms with van der Waals surface area (Å²) in [5.74, 6) is -0.598. The molecule has 0 spiro atoms. The lowest BCUT2D eigenvalue weighted by Crippen LogP contribution is -2.46. The second-order valence-corrected chi connectivity index (χ2v) is 8.48. The minimum absolute atomic E-state index is 0.0424. The molecule has 2 aromatic carbocycles. The molecule has 170 valence electrons. The number of aryl methyl sites for hydroxylation is 1. The van der Waals surface area contributed by atoms with E-state index in [1.54, 1.807) is 22.8 Å². The van der Waals surface area contributed by atoms with Crippen molar-refractivity contribution in [3.05, 3.63) is 64.4 Å². The molecule has 1 fully saturated rings. The SMILES string of the molecule is CC(=O)c1ccc2c(c1)oc(=O)n2CCCCCCN1CCN(c2ccc(F)cc2)CC1. The fourth-order valence-corrected chi connectivity index (χ4v) is 4.34. The molecule has 0 bridgehead atoms. The number of ketones is 1. The number of fused-ring (bicyclic) bond motifs is 1. The number of hydrogen-bond acceptors (Lipinski definition) is 5. The molecular weight excluding hydrogens is 409 g/mol. The zero-order valence-corrected chi connectivity index (χ0v) is 18.6. The molecule has 1 aliphatic rings. The Bertz CT molecular complexity index is 1110. The number of piperazine rings is 1. The highest BCUT2D eigenvalue weighted by molar-refractivity contribution is 5.96. The molecule has 4 rings (SSSR count). The summed E-state index contributed by atoms with van der Waals surface area (Å²) in [5.41, 5.74) is 2.86. The molecule has 7 heteroatoms. The Kier molecular flexibility index (Phi) is 7.05. The number of nitrogens with zero attached hydrogens (tertiary/aromatic N) is 3. The van der Waals surface area contributed by atoms with E-state index in [0.29, 0.717) is 17.7 Å². The summed E-state index contributed by atoms with van der Waals surface area (Å²) < 4.78 is 20.1. The van der Waals surface area contributed by atoms with Crippen molar-refractivity contribution >= 4 is 22.6 Å². The van der Waals surface area contributed by atoms with Gasteiger partial charge in [0.05, 0.1) is 5.52 Å². The van der Waals surface area contributed by atoms with Crippen molar-refractivity contribution in [3.63, 3.8) is 0 Å². The van der Waals surface area contributed by atoms with Gasteiger partial charge < -0.3 is 9.32 Å². The number of benzene rings is 2. The summed E-state index contributed by atoms with van der Waals surface area (Å²) in [6.45, 7) is 7.19. The monoisotopic (exact) mass is 439 g/mol. The van der Waals surface area contributed by atoms with Crippen molar-refractivity contribution < 1.29 is 13.6 Å². The first kappa shape index (κ1) is 22.3. The highest BCUT2D eigenvalue weighted by Gasteiger charge is 2.17. The number of unbranched alkanes of at least 4 members (excludes halogenated alkanes) is 3. The predicted octanol–water partition coefficient (Wildman–Crippen LogP) is 4.32. The third kappa shape index (κ3) is 5.27. The number of rotatable bonds is 9. The molecule has 1 aromatic heterocycles. The first-order chi connectivity index (χ1) is 15.5. The molecule has 1 aliphatic heterocycles. The number of oxazole rings is 1. The Morgan fingerprint density at radius 1 is 0.938 bits per heavy atom. The van der Waals surface area contributed by atoms with Gasteiger partial charge in [0, 0.05) is 44.0 Å². The highest BCUT2D eigenvalue weighted by Crippen LogP contribution is 2.18. The van der Waals surface area contributed by atoms with Crippen LogP contribution in [0, 0.1) is 5.82 Å². The molecular formula is C25H30FN3O3. The maximum Gasteiger partial charge on any atom is 0.419 e. The second kappa shape index (κ2) is 10.1. The van der Waals surface area contributed by atoms with E-state index >= 15 is 0 Å². The van der Waals surface area contributed by atoms with Crippen molar-refractivity contribution in [1.29, 1.82) is 0 Å². The number of aromatic nitrogens is 1. The van der Waals surface area contributed by atoms with Gasteiger partial charge in [-0.2, -0.15) is 0 Å². The lowest BCUT2D eigenvalue weighted by molar-refractivity contribution is 0.101. The lowest BCUT2D eigenvalue weighted by Gasteiger charge is -2.36. The Balaban J connectivity index is 1.16. The minimum Gasteiger partial charge on any atom is -0.408 e. The summed E-state index contributed by atoms with van der Waals surface area (Å²) >= 11 is 0. The molecule has 0 saturated carbocycles. The van der Waals surface area contributed by atoms with Gasteiger partial charge in [-0.1, -0.05) is 12.8 Å². The average Bonchev–Trinajstić information content (AvgIpc) is 3.11. The lowest BCUT2D eigenvalue weighted by atomic mass is 10.1. The van der Waals surface area contributed by atoms with E-state index in [4.69, 9.17) is 4.42 Å². The van der Waals surface area contributed by atoms with Crippen molar-refractivity contribution in [1.82, 2.24) is 9.47 Å². The summed E-state index contributed by atoms with van der Waals surface area (Å²) in [7, 11) is 0. The molecule has 3 aromatic rings. The third-order valence-electron chi connectivity index (χ3n) is 6.24. The van der Waals surface area contributed by atoms with Crippen molar-refractivity contribution in [2.45, 2.75) is 39.2 Å². The molecule has 0 N–H and O–H groups in total. The topological polar surface area (TPSA) is 58.7 Å². The van der Waals surface area contributed by atoms with Gasteiger partial charge in [0.1, 0.15) is 5.82 Å². The number of halogens is 1. The average molecular weight is 440 g/mol. The van der Waals surface area contributed by atoms with Gasteiger partial charge in [-0.15, -0.1) is 0 Å². The van der Waals surface area contributed by atoms with E-state index < -0.39 is 0 Å². The van der Waals surface area contributed by atoms with E-state index in [0.717, 1.165) is 69.6 Å². The summed E-state index contributed by atoms with van der Waals surface area (Å²) in [5, 5.41) is 0. The molecule has 32 heavy (non-hydrogen) atoms. The van der Waals surface area contributed by atoms with Gasteiger partial charge >= 0.3 is 5.76 Å². The Morgan fingerprint density at radius 2 is 1.62 bits per heavy atom. The Morgan fingerprint density at radius 3 is 2.31 bits per heavy atom. The van der Waals surface area contributed by atoms with Crippen LogP contribution < -0.4 is 10.7 Å². The predicted molar refractivity (Wildman–Crippen MR) is 124 cm³/mol. The molecule has 0 amide bonds. The van der Waals surface area contributed by atoms with E-state index in [1.807, 2.05) is 12.1 Å². The first-order valence-corrected chi connectivity index (χ1v) is 11.4. The number of carbonyl (C=O) groups is 1. The molecule has 6 nitrogen and oxygen atoms in total. The van der Waals surface area contributed by atoms with Gasteiger partial charge in [0.15, 0.2) is 11.4 Å². The zero-order chi connectivity index (χ0) is 22.5. The fraction of sp³-hybridized carbons (Fsp3) is 0.440. The van der Waals surface area contributed by atoms with Crippen molar-refractivity contribution in [2.75, 3.05) is 37.6 Å². The normalized spacial score (nSPS) is 14.9. The molecule has 0 unspecified atom stereocenters. The third-order valence-corrected chi connectivity index (χ3v) is 6.24. The number of hydrogen-bond donors (Lipinski definition) is 0. The van der Waals surface area contributed by atoms with Crippen LogP contribution in [0.5, 0.6) is 0 Å². The molecule has 0 radical (unpaired) electrons. The van der Waals surface area contributed by atoms with Crippen LogP contribution in [-0.2, 0) is 6.54 Å². The minimum atomic E-state index is -0.361. The molecule has 0 aliphatic carbocycles. The smallest absolute Gasteiger partial charge is 0.408 e. The van der Waals surface area contributed by atoms with Gasteiger partial charge in [0.25, 0.3) is 0 Å². The van der Waals surface area contributed by atoms with Crippen LogP contribution in [-0.4, -0.2) is 48.0 Å². The van der Waals surface area contributed by atoms with Crippen LogP contribution >= 0.6 is 0 Å². The van der Waals surface area contributed by atoms with E-state index in [9.17, 15) is 14.0 Å². The van der Waals surface area contributed by atoms with Crippen LogP contribution in [0.1, 0.15) is 43.0 Å². The summed E-state index contributed by atoms with van der Waals surface area (Å²) in [6.07, 6.45) is 4.23. The molecule has 1 saturated heterocycles. The van der Waals surface area contributed by atoms with Crippen LogP contribution in [0.4, 0.5) is 10.1 Å². The second-order valence-electron chi connectivity index (χ2n) is 8.48. The molecule has 2 heterocycles. The zero-order valence-electron chi connectivity index (χ0n) is 18.6. The van der Waals surface area contributed by atoms with Crippen LogP contribution in [0.25, 0.3) is 11.1 Å². The maximum absolute atomic E-state index is 13.1. The number of carbonyl (C=O) groups excluding carboxylic acids is 1. The Hall–Kier alpha value is -2.93. The maximum atomic E-state index is 13.1. The largest absolute Gasteiger partial charge is 0.419 e. The molecule has 0 atom stereocenters. The van der Waals surface area contributed by atoms with Gasteiger partial charge in [-0.05, 0) is 68.8 Å². The van der Waals surface area contributed by atoms with Crippen LogP contribution in [0.2, 0.25) is 0 Å². The number of anilines is 1. The van der Waals surface area contributed by atoms with Gasteiger partial charge in [-0.25, -0.2) is 9.18 Å². The van der Waals surface area contributed by atoms with Gasteiger partial charge in [-0.3, -0.25) is 14.3 Å². The highest BCUT2D eigenvalue weighted by atomic mass is 19.1. The Labute approximate surface area is 187 Å². The summed E-state index contributed by atoms with van der Waals surface area (Å²) in [4.78, 5) is 28.5. The first-order valence-electron chi connectivity index (χ1n) is 11.4. The quantitative estimate of drug-likeness (QED) is 0.367. The van der Waals surface area contributed by atoms with Crippen molar-refractivity contribution in [2.24, 2.45) is 0 Å². The van der Waals surface area contributed by atoms with E-state index in [-0.39, 0.29) is 17.4 Å². The fourth-order valence-electron chi connectivity index (χ4n) is 4.34. The standard InChI is InChI=1S/C25H30FN3O3/c1-19(30)20-6-11-23-24(18-20)32-25(31)29(23)13-5-3-2-4-12-27-14-16-28(17-15-27)22-9-7-21(26)8-10-22/h6-11,18H,2-5,12-17H2,1H3. The van der Waals surface area contributed by atoms with Crippen molar-refractivity contribution in [3.8, 4) is 0 Å². The summed E-state index contributed by atoms with van der Waals surface area (Å²) in [6, 6.07) is 11.9. The van der Waals surface area contributed by atoms with Crippen LogP contribution in [0.15, 0.2) is 51.7 Å². The van der Waals surface area contributed by atoms with Gasteiger partial charge in [0.2, 0.25) is 0 Å². The van der Waals surface area contributed by atoms with E-state index in [1.165, 1.54) is 19.1 Å². The van der Waals surface area contributed by atoms with E-state index in [2.05, 4.69) is 9.80 Å².